The molecule has 216 valence electrons. The van der Waals surface area contributed by atoms with Crippen molar-refractivity contribution in [3.05, 3.63) is 105 Å². The van der Waals surface area contributed by atoms with E-state index < -0.39 is 11.4 Å². The van der Waals surface area contributed by atoms with Crippen LogP contribution in [0.3, 0.4) is 0 Å². The van der Waals surface area contributed by atoms with Crippen molar-refractivity contribution < 1.29 is 18.7 Å². The Hall–Kier alpha value is -4.97. The Kier molecular flexibility index (Phi) is 9.06. The van der Waals surface area contributed by atoms with Crippen LogP contribution in [0.5, 0.6) is 0 Å². The van der Waals surface area contributed by atoms with Gasteiger partial charge in [0.05, 0.1) is 22.9 Å². The third kappa shape index (κ3) is 7.21. The molecule has 0 aliphatic carbocycles. The number of benzene rings is 3. The molecule has 0 fully saturated rings. The lowest BCUT2D eigenvalue weighted by molar-refractivity contribution is -0.157. The fourth-order valence-corrected chi connectivity index (χ4v) is 4.25. The Morgan fingerprint density at radius 2 is 1.71 bits per heavy atom. The average Bonchev–Trinajstić information content (AvgIpc) is 2.96. The first-order valence-electron chi connectivity index (χ1n) is 13.4. The third-order valence-corrected chi connectivity index (χ3v) is 6.66. The highest BCUT2D eigenvalue weighted by atomic mass is 19.1. The molecule has 0 saturated heterocycles. The third-order valence-electron chi connectivity index (χ3n) is 6.66. The predicted molar refractivity (Wildman–Crippen MR) is 160 cm³/mol. The zero-order valence-corrected chi connectivity index (χ0v) is 24.1. The van der Waals surface area contributed by atoms with Crippen LogP contribution in [0.2, 0.25) is 0 Å². The summed E-state index contributed by atoms with van der Waals surface area (Å²) in [6.45, 7) is 7.70. The number of ether oxygens (including phenoxy) is 1. The van der Waals surface area contributed by atoms with Crippen LogP contribution in [0.15, 0.2) is 71.5 Å². The smallest absolute Gasteiger partial charge is 0.312 e. The van der Waals surface area contributed by atoms with E-state index in [1.54, 1.807) is 64.1 Å². The number of carbonyl (C=O) groups excluding carboxylic acids is 2. The molecule has 0 bridgehead atoms. The molecule has 8 nitrogen and oxygen atoms in total. The maximum absolute atomic E-state index is 13.3. The van der Waals surface area contributed by atoms with Crippen molar-refractivity contribution in [2.24, 2.45) is 5.41 Å². The van der Waals surface area contributed by atoms with E-state index >= 15 is 0 Å². The van der Waals surface area contributed by atoms with Gasteiger partial charge in [-0.25, -0.2) is 9.37 Å². The normalized spacial score (nSPS) is 11.1. The Labute approximate surface area is 244 Å². The van der Waals surface area contributed by atoms with E-state index in [1.165, 1.54) is 16.7 Å². The zero-order chi connectivity index (χ0) is 30.4. The van der Waals surface area contributed by atoms with Crippen LogP contribution in [0.25, 0.3) is 10.9 Å². The van der Waals surface area contributed by atoms with Crippen LogP contribution < -0.4 is 15.8 Å². The minimum atomic E-state index is -0.693. The molecular formula is C33H33FN4O4. The van der Waals surface area contributed by atoms with Crippen molar-refractivity contribution >= 4 is 28.5 Å². The van der Waals surface area contributed by atoms with Crippen LogP contribution in [0.1, 0.15) is 48.1 Å². The van der Waals surface area contributed by atoms with Gasteiger partial charge in [-0.3, -0.25) is 19.0 Å². The molecule has 0 unspecified atom stereocenters. The van der Waals surface area contributed by atoms with Gasteiger partial charge in [0.1, 0.15) is 11.6 Å². The summed E-state index contributed by atoms with van der Waals surface area (Å²) in [5, 5.41) is 3.23. The summed E-state index contributed by atoms with van der Waals surface area (Å²) in [6, 6.07) is 18.4. The lowest BCUT2D eigenvalue weighted by Gasteiger charge is -2.23. The molecule has 0 atom stereocenters. The first-order valence-corrected chi connectivity index (χ1v) is 13.4. The number of nitrogens with zero attached hydrogens (tertiary/aromatic N) is 3. The number of rotatable bonds is 9. The number of hydrogen-bond donors (Lipinski definition) is 1. The van der Waals surface area contributed by atoms with Gasteiger partial charge in [-0.05, 0) is 87.4 Å². The number of aryl methyl sites for hydroxylation is 1. The minimum Gasteiger partial charge on any atom is -0.443 e. The van der Waals surface area contributed by atoms with E-state index in [1.807, 2.05) is 23.1 Å². The number of nitrogens with one attached hydrogen (secondary N) is 1. The van der Waals surface area contributed by atoms with E-state index in [9.17, 15) is 18.8 Å². The van der Waals surface area contributed by atoms with E-state index in [4.69, 9.17) is 11.2 Å². The average molecular weight is 569 g/mol. The highest BCUT2D eigenvalue weighted by molar-refractivity contribution is 5.94. The standard InChI is InChI=1S/C33H33FN4O4/c1-6-17-37(27-14-10-25(11-15-27)30(39)35-19-23-7-12-26(34)13-8-23)20-24-9-16-29-28(18-24)31(40)38(22(2)36-29)21-42-32(41)33(3,4)5/h1,7-16,18H,17,19-21H2,2-5H3,(H,35,39). The lowest BCUT2D eigenvalue weighted by atomic mass is 9.98. The van der Waals surface area contributed by atoms with E-state index in [2.05, 4.69) is 16.2 Å². The van der Waals surface area contributed by atoms with Crippen LogP contribution in [-0.2, 0) is 29.4 Å². The molecule has 0 saturated carbocycles. The Morgan fingerprint density at radius 1 is 1.05 bits per heavy atom. The number of amides is 1. The second kappa shape index (κ2) is 12.7. The van der Waals surface area contributed by atoms with Crippen LogP contribution in [-0.4, -0.2) is 28.0 Å². The molecule has 1 N–H and O–H groups in total. The number of fused-ring (bicyclic) bond motifs is 1. The Balaban J connectivity index is 1.50. The highest BCUT2D eigenvalue weighted by Gasteiger charge is 2.23. The Bertz CT molecular complexity index is 1700. The van der Waals surface area contributed by atoms with Crippen molar-refractivity contribution in [3.63, 3.8) is 0 Å². The largest absolute Gasteiger partial charge is 0.443 e. The summed E-state index contributed by atoms with van der Waals surface area (Å²) in [4.78, 5) is 44.7. The molecule has 0 spiro atoms. The minimum absolute atomic E-state index is 0.221. The molecule has 1 amide bonds. The molecule has 4 aromatic rings. The van der Waals surface area contributed by atoms with Gasteiger partial charge in [-0.15, -0.1) is 6.42 Å². The number of anilines is 1. The fraction of sp³-hybridized carbons (Fsp3) is 0.273. The monoisotopic (exact) mass is 568 g/mol. The van der Waals surface area contributed by atoms with Crippen molar-refractivity contribution in [1.82, 2.24) is 14.9 Å². The SMILES string of the molecule is C#CCN(Cc1ccc2nc(C)n(COC(=O)C(C)(C)C)c(=O)c2c1)c1ccc(C(=O)NCc2ccc(F)cc2)cc1. The molecule has 0 radical (unpaired) electrons. The molecule has 4 rings (SSSR count). The number of esters is 1. The number of carbonyl (C=O) groups is 2. The van der Waals surface area contributed by atoms with E-state index in [-0.39, 0.29) is 30.6 Å². The summed E-state index contributed by atoms with van der Waals surface area (Å²) < 4.78 is 19.8. The molecule has 1 aromatic heterocycles. The second-order valence-electron chi connectivity index (χ2n) is 11.0. The van der Waals surface area contributed by atoms with E-state index in [0.717, 1.165) is 16.8 Å². The van der Waals surface area contributed by atoms with Gasteiger partial charge in [-0.2, -0.15) is 0 Å². The van der Waals surface area contributed by atoms with Crippen LogP contribution >= 0.6 is 0 Å². The van der Waals surface area contributed by atoms with Crippen LogP contribution in [0, 0.1) is 30.5 Å². The number of aromatic nitrogens is 2. The topological polar surface area (TPSA) is 93.5 Å². The molecular weight excluding hydrogens is 535 g/mol. The molecule has 42 heavy (non-hydrogen) atoms. The second-order valence-corrected chi connectivity index (χ2v) is 11.0. The molecule has 0 aliphatic rings. The maximum atomic E-state index is 13.3. The Morgan fingerprint density at radius 3 is 2.36 bits per heavy atom. The van der Waals surface area contributed by atoms with Gasteiger partial charge < -0.3 is 15.0 Å². The van der Waals surface area contributed by atoms with Crippen LogP contribution in [0.4, 0.5) is 10.1 Å². The summed E-state index contributed by atoms with van der Waals surface area (Å²) in [5.41, 5.74) is 2.44. The quantitative estimate of drug-likeness (QED) is 0.227. The zero-order valence-electron chi connectivity index (χ0n) is 24.1. The number of hydrogen-bond acceptors (Lipinski definition) is 6. The van der Waals surface area contributed by atoms with Crippen molar-refractivity contribution in [2.75, 3.05) is 11.4 Å². The molecule has 9 heteroatoms. The summed E-state index contributed by atoms with van der Waals surface area (Å²) >= 11 is 0. The van der Waals surface area contributed by atoms with Gasteiger partial charge in [0.25, 0.3) is 11.5 Å². The fourth-order valence-electron chi connectivity index (χ4n) is 4.25. The summed E-state index contributed by atoms with van der Waals surface area (Å²) in [7, 11) is 0. The van der Waals surface area contributed by atoms with Gasteiger partial charge >= 0.3 is 5.97 Å². The lowest BCUT2D eigenvalue weighted by Crippen LogP contribution is -2.30. The summed E-state index contributed by atoms with van der Waals surface area (Å²) in [5.74, 6) is 2.11. The van der Waals surface area contributed by atoms with Gasteiger partial charge in [0.2, 0.25) is 0 Å². The van der Waals surface area contributed by atoms with Gasteiger partial charge in [0, 0.05) is 24.3 Å². The summed E-state index contributed by atoms with van der Waals surface area (Å²) in [6.07, 6.45) is 5.66. The van der Waals surface area contributed by atoms with Gasteiger partial charge in [-0.1, -0.05) is 24.1 Å². The highest BCUT2D eigenvalue weighted by Crippen LogP contribution is 2.21. The van der Waals surface area contributed by atoms with E-state index in [0.29, 0.717) is 35.4 Å². The van der Waals surface area contributed by atoms with Crippen molar-refractivity contribution in [1.29, 1.82) is 0 Å². The molecule has 1 heterocycles. The number of halogens is 1. The van der Waals surface area contributed by atoms with Crippen molar-refractivity contribution in [3.8, 4) is 12.3 Å². The maximum Gasteiger partial charge on any atom is 0.312 e. The predicted octanol–water partition coefficient (Wildman–Crippen LogP) is 4.96. The first kappa shape index (κ1) is 30.0. The number of terminal acetylenes is 1. The van der Waals surface area contributed by atoms with Crippen molar-refractivity contribution in [2.45, 2.75) is 47.5 Å². The molecule has 3 aromatic carbocycles. The van der Waals surface area contributed by atoms with Gasteiger partial charge in [0.15, 0.2) is 6.73 Å². The first-order chi connectivity index (χ1) is 20.0. The molecule has 0 aliphatic heterocycles.